The molecule has 22 heavy (non-hydrogen) atoms. The van der Waals surface area contributed by atoms with E-state index < -0.39 is 0 Å². The molecule has 0 unspecified atom stereocenters. The van der Waals surface area contributed by atoms with Crippen LogP contribution in [0.3, 0.4) is 0 Å². The second kappa shape index (κ2) is 5.37. The molecule has 0 bridgehead atoms. The summed E-state index contributed by atoms with van der Waals surface area (Å²) in [5.74, 6) is 0.531. The van der Waals surface area contributed by atoms with Crippen LogP contribution < -0.4 is 10.2 Å². The van der Waals surface area contributed by atoms with E-state index in [0.29, 0.717) is 11.5 Å². The molecule has 6 heteroatoms. The fraction of sp³-hybridized carbons (Fsp3) is 0.188. The first-order chi connectivity index (χ1) is 10.6. The van der Waals surface area contributed by atoms with Gasteiger partial charge in [-0.05, 0) is 43.3 Å². The van der Waals surface area contributed by atoms with E-state index in [2.05, 4.69) is 21.5 Å². The molecule has 0 amide bonds. The lowest BCUT2D eigenvalue weighted by Crippen LogP contribution is -2.12. The Bertz CT molecular complexity index is 855. The summed E-state index contributed by atoms with van der Waals surface area (Å²) in [6.45, 7) is 2.02. The fourth-order valence-corrected chi connectivity index (χ4v) is 2.34. The minimum absolute atomic E-state index is 0.531. The molecule has 110 valence electrons. The molecule has 0 spiro atoms. The summed E-state index contributed by atoms with van der Waals surface area (Å²) in [6.07, 6.45) is 0. The third kappa shape index (κ3) is 2.44. The Morgan fingerprint density at radius 1 is 1.14 bits per heavy atom. The van der Waals surface area contributed by atoms with Gasteiger partial charge >= 0.3 is 0 Å². The number of nitrogens with zero attached hydrogens (tertiary/aromatic N) is 5. The van der Waals surface area contributed by atoms with Gasteiger partial charge < -0.3 is 10.2 Å². The predicted molar refractivity (Wildman–Crippen MR) is 86.5 cm³/mol. The normalized spacial score (nSPS) is 10.5. The van der Waals surface area contributed by atoms with E-state index >= 15 is 0 Å². The number of benzene rings is 1. The Morgan fingerprint density at radius 2 is 1.86 bits per heavy atom. The first kappa shape index (κ1) is 13.9. The van der Waals surface area contributed by atoms with Gasteiger partial charge in [0.2, 0.25) is 5.95 Å². The van der Waals surface area contributed by atoms with Crippen LogP contribution in [0.25, 0.3) is 5.65 Å². The average molecular weight is 292 g/mol. The molecule has 0 aliphatic rings. The summed E-state index contributed by atoms with van der Waals surface area (Å²) in [6, 6.07) is 13.3. The summed E-state index contributed by atoms with van der Waals surface area (Å²) >= 11 is 0. The summed E-state index contributed by atoms with van der Waals surface area (Å²) in [7, 11) is 4.00. The Labute approximate surface area is 128 Å². The number of nitrogens with one attached hydrogen (secondary N) is 1. The van der Waals surface area contributed by atoms with Crippen molar-refractivity contribution in [3.8, 4) is 6.07 Å². The van der Waals surface area contributed by atoms with Crippen LogP contribution in [0.4, 0.5) is 17.3 Å². The minimum atomic E-state index is 0.531. The van der Waals surface area contributed by atoms with Gasteiger partial charge in [0, 0.05) is 19.8 Å². The van der Waals surface area contributed by atoms with Crippen molar-refractivity contribution in [2.75, 3.05) is 24.3 Å². The molecule has 0 saturated heterocycles. The van der Waals surface area contributed by atoms with E-state index in [1.807, 2.05) is 54.7 Å². The van der Waals surface area contributed by atoms with E-state index in [4.69, 9.17) is 5.26 Å². The average Bonchev–Trinajstić information content (AvgIpc) is 2.91. The summed E-state index contributed by atoms with van der Waals surface area (Å²) in [4.78, 5) is 6.51. The summed E-state index contributed by atoms with van der Waals surface area (Å²) in [5.41, 5.74) is 4.39. The van der Waals surface area contributed by atoms with Gasteiger partial charge in [0.15, 0.2) is 5.65 Å². The van der Waals surface area contributed by atoms with Gasteiger partial charge in [-0.15, -0.1) is 5.10 Å². The van der Waals surface area contributed by atoms with Crippen LogP contribution in [0.1, 0.15) is 11.3 Å². The minimum Gasteiger partial charge on any atom is -0.376 e. The number of anilines is 3. The van der Waals surface area contributed by atoms with Crippen molar-refractivity contribution in [3.63, 3.8) is 0 Å². The van der Waals surface area contributed by atoms with Crippen molar-refractivity contribution in [2.45, 2.75) is 6.92 Å². The van der Waals surface area contributed by atoms with Gasteiger partial charge in [-0.3, -0.25) is 0 Å². The third-order valence-electron chi connectivity index (χ3n) is 3.46. The lowest BCUT2D eigenvalue weighted by Gasteiger charge is -2.15. The first-order valence-corrected chi connectivity index (χ1v) is 6.89. The van der Waals surface area contributed by atoms with Crippen molar-refractivity contribution in [1.29, 1.82) is 5.26 Å². The molecule has 1 N–H and O–H groups in total. The maximum atomic E-state index is 8.81. The largest absolute Gasteiger partial charge is 0.376 e. The topological polar surface area (TPSA) is 69.2 Å². The van der Waals surface area contributed by atoms with Crippen LogP contribution in [0.5, 0.6) is 0 Å². The number of aryl methyl sites for hydroxylation is 1. The van der Waals surface area contributed by atoms with E-state index in [9.17, 15) is 0 Å². The smallest absolute Gasteiger partial charge is 0.247 e. The first-order valence-electron chi connectivity index (χ1n) is 6.89. The molecule has 6 nitrogen and oxygen atoms in total. The van der Waals surface area contributed by atoms with Gasteiger partial charge in [0.1, 0.15) is 0 Å². The maximum absolute atomic E-state index is 8.81. The number of aromatic nitrogens is 3. The third-order valence-corrected chi connectivity index (χ3v) is 3.46. The maximum Gasteiger partial charge on any atom is 0.247 e. The van der Waals surface area contributed by atoms with Gasteiger partial charge in [-0.2, -0.15) is 10.2 Å². The zero-order chi connectivity index (χ0) is 15.7. The van der Waals surface area contributed by atoms with Gasteiger partial charge in [0.05, 0.1) is 23.0 Å². The SMILES string of the molecule is Cc1c(N(C)C)ccc2nc(Nc3ccc(C#N)cc3)nn12. The van der Waals surface area contributed by atoms with Crippen LogP contribution >= 0.6 is 0 Å². The number of nitriles is 1. The molecule has 0 aliphatic carbocycles. The molecule has 0 saturated carbocycles. The Kier molecular flexibility index (Phi) is 3.39. The highest BCUT2D eigenvalue weighted by Crippen LogP contribution is 2.21. The molecule has 0 aliphatic heterocycles. The molecule has 1 aromatic carbocycles. The summed E-state index contributed by atoms with van der Waals surface area (Å²) in [5, 5.41) is 16.5. The lowest BCUT2D eigenvalue weighted by molar-refractivity contribution is 0.906. The van der Waals surface area contributed by atoms with Crippen LogP contribution in [0.2, 0.25) is 0 Å². The highest BCUT2D eigenvalue weighted by Gasteiger charge is 2.10. The molecular formula is C16H16N6. The number of rotatable bonds is 3. The number of pyridine rings is 1. The van der Waals surface area contributed by atoms with Gasteiger partial charge in [0.25, 0.3) is 0 Å². The molecule has 3 aromatic rings. The van der Waals surface area contributed by atoms with E-state index in [0.717, 1.165) is 22.7 Å². The molecule has 2 aromatic heterocycles. The van der Waals surface area contributed by atoms with E-state index in [-0.39, 0.29) is 0 Å². The molecule has 0 radical (unpaired) electrons. The van der Waals surface area contributed by atoms with Crippen molar-refractivity contribution in [1.82, 2.24) is 14.6 Å². The Morgan fingerprint density at radius 3 is 2.50 bits per heavy atom. The van der Waals surface area contributed by atoms with Crippen LogP contribution in [-0.2, 0) is 0 Å². The van der Waals surface area contributed by atoms with Crippen molar-refractivity contribution < 1.29 is 0 Å². The number of hydrogen-bond acceptors (Lipinski definition) is 5. The zero-order valence-electron chi connectivity index (χ0n) is 12.7. The van der Waals surface area contributed by atoms with Crippen molar-refractivity contribution >= 4 is 23.0 Å². The molecule has 0 atom stereocenters. The van der Waals surface area contributed by atoms with Crippen LogP contribution in [0, 0.1) is 18.3 Å². The van der Waals surface area contributed by atoms with Crippen molar-refractivity contribution in [2.24, 2.45) is 0 Å². The molecule has 0 fully saturated rings. The summed E-state index contributed by atoms with van der Waals surface area (Å²) < 4.78 is 1.82. The molecule has 3 rings (SSSR count). The molecular weight excluding hydrogens is 276 g/mol. The standard InChI is InChI=1S/C16H16N6/c1-11-14(21(2)3)8-9-15-19-16(20-22(11)15)18-13-6-4-12(10-17)5-7-13/h4-9H,1-3H3,(H,18,20). The number of hydrogen-bond donors (Lipinski definition) is 1. The Balaban J connectivity index is 1.95. The zero-order valence-corrected chi connectivity index (χ0v) is 12.7. The lowest BCUT2D eigenvalue weighted by atomic mass is 10.2. The second-order valence-electron chi connectivity index (χ2n) is 5.22. The van der Waals surface area contributed by atoms with E-state index in [1.165, 1.54) is 0 Å². The van der Waals surface area contributed by atoms with Gasteiger partial charge in [-0.25, -0.2) is 4.52 Å². The predicted octanol–water partition coefficient (Wildman–Crippen LogP) is 2.72. The Hall–Kier alpha value is -3.07. The van der Waals surface area contributed by atoms with Crippen LogP contribution in [-0.4, -0.2) is 28.7 Å². The van der Waals surface area contributed by atoms with Crippen LogP contribution in [0.15, 0.2) is 36.4 Å². The second-order valence-corrected chi connectivity index (χ2v) is 5.22. The quantitative estimate of drug-likeness (QED) is 0.803. The highest BCUT2D eigenvalue weighted by molar-refractivity contribution is 5.60. The highest BCUT2D eigenvalue weighted by atomic mass is 15.4. The van der Waals surface area contributed by atoms with Gasteiger partial charge in [-0.1, -0.05) is 0 Å². The fourth-order valence-electron chi connectivity index (χ4n) is 2.34. The number of fused-ring (bicyclic) bond motifs is 1. The van der Waals surface area contributed by atoms with Crippen molar-refractivity contribution in [3.05, 3.63) is 47.7 Å². The monoisotopic (exact) mass is 292 g/mol. The van der Waals surface area contributed by atoms with E-state index in [1.54, 1.807) is 12.1 Å². The molecule has 2 heterocycles.